The fourth-order valence-corrected chi connectivity index (χ4v) is 11.0. The summed E-state index contributed by atoms with van der Waals surface area (Å²) >= 11 is 0. The second kappa shape index (κ2) is 19.9. The molecule has 2 bridgehead atoms. The Morgan fingerprint density at radius 3 is 2.38 bits per heavy atom. The van der Waals surface area contributed by atoms with Gasteiger partial charge in [0.1, 0.15) is 17.6 Å². The van der Waals surface area contributed by atoms with Gasteiger partial charge in [-0.2, -0.15) is 0 Å². The molecule has 4 aromatic carbocycles. The number of fused-ring (bicyclic) bond motifs is 8. The maximum absolute atomic E-state index is 15.2. The molecule has 0 aliphatic heterocycles. The Bertz CT molecular complexity index is 2250. The highest BCUT2D eigenvalue weighted by Crippen LogP contribution is 2.59. The van der Waals surface area contributed by atoms with Crippen molar-refractivity contribution in [1.82, 2.24) is 4.90 Å². The number of benzene rings is 4. The monoisotopic (exact) mass is 856 g/mol. The quantitative estimate of drug-likeness (QED) is 0.114. The first-order valence-corrected chi connectivity index (χ1v) is 23.3. The number of hydrogen-bond acceptors (Lipinski definition) is 7. The summed E-state index contributed by atoms with van der Waals surface area (Å²) in [6.45, 7) is 11.1. The van der Waals surface area contributed by atoms with Crippen molar-refractivity contribution in [2.45, 2.75) is 129 Å². The molecule has 4 aliphatic carbocycles. The van der Waals surface area contributed by atoms with Gasteiger partial charge in [-0.15, -0.1) is 0 Å². The van der Waals surface area contributed by atoms with E-state index in [4.69, 9.17) is 14.2 Å². The number of allylic oxidation sites excluding steroid dienone is 2. The van der Waals surface area contributed by atoms with E-state index in [1.54, 1.807) is 19.1 Å². The highest BCUT2D eigenvalue weighted by atomic mass is 16.6. The van der Waals surface area contributed by atoms with Crippen LogP contribution in [-0.2, 0) is 17.7 Å². The number of aliphatic hydroxyl groups excluding tert-OH is 1. The summed E-state index contributed by atoms with van der Waals surface area (Å²) in [4.78, 5) is 31.8. The molecule has 336 valence electrons. The van der Waals surface area contributed by atoms with Gasteiger partial charge in [-0.3, -0.25) is 4.79 Å². The van der Waals surface area contributed by atoms with E-state index in [-0.39, 0.29) is 36.8 Å². The van der Waals surface area contributed by atoms with Gasteiger partial charge < -0.3 is 29.3 Å². The lowest BCUT2D eigenvalue weighted by molar-refractivity contribution is -0.0877. The fraction of sp³-hybridized carbons (Fsp3) is 0.491. The van der Waals surface area contributed by atoms with Gasteiger partial charge in [0, 0.05) is 28.2 Å². The van der Waals surface area contributed by atoms with Gasteiger partial charge in [0.15, 0.2) is 5.78 Å². The first kappa shape index (κ1) is 46.1. The molecule has 2 N–H and O–H groups in total. The van der Waals surface area contributed by atoms with E-state index in [1.807, 2.05) is 78.9 Å². The molecule has 1 amide bonds. The Morgan fingerprint density at radius 1 is 0.873 bits per heavy atom. The zero-order valence-corrected chi connectivity index (χ0v) is 38.6. The molecule has 7 atom stereocenters. The summed E-state index contributed by atoms with van der Waals surface area (Å²) in [6, 6.07) is 29.5. The Morgan fingerprint density at radius 2 is 1.63 bits per heavy atom. The van der Waals surface area contributed by atoms with Crippen molar-refractivity contribution in [2.75, 3.05) is 20.8 Å². The van der Waals surface area contributed by atoms with Crippen molar-refractivity contribution in [2.24, 2.45) is 23.2 Å². The Hall–Kier alpha value is -4.92. The Kier molecular flexibility index (Phi) is 14.5. The van der Waals surface area contributed by atoms with Crippen LogP contribution in [-0.4, -0.2) is 65.6 Å². The third-order valence-corrected chi connectivity index (χ3v) is 15.0. The molecule has 0 heterocycles. The summed E-state index contributed by atoms with van der Waals surface area (Å²) in [5, 5.41) is 24.7. The van der Waals surface area contributed by atoms with E-state index in [0.29, 0.717) is 73.0 Å². The lowest BCUT2D eigenvalue weighted by atomic mass is 9.64. The van der Waals surface area contributed by atoms with E-state index < -0.39 is 23.2 Å². The van der Waals surface area contributed by atoms with Crippen LogP contribution in [0.3, 0.4) is 0 Å². The number of aliphatic hydroxyl groups is 2. The zero-order valence-electron chi connectivity index (χ0n) is 38.6. The molecule has 2 fully saturated rings. The number of ether oxygens (including phenoxy) is 3. The minimum atomic E-state index is -1.36. The van der Waals surface area contributed by atoms with Gasteiger partial charge in [0.05, 0.1) is 39.0 Å². The Balaban J connectivity index is 1.32. The number of rotatable bonds is 11. The molecule has 8 rings (SSSR count). The average Bonchev–Trinajstić information content (AvgIpc) is 3.53. The summed E-state index contributed by atoms with van der Waals surface area (Å²) in [6.07, 6.45) is 8.10. The minimum Gasteiger partial charge on any atom is -0.497 e. The minimum absolute atomic E-state index is 0.0374. The Labute approximate surface area is 375 Å². The number of hydrogen-bond donors (Lipinski definition) is 2. The van der Waals surface area contributed by atoms with Crippen molar-refractivity contribution in [1.29, 1.82) is 0 Å². The SMILES string of the molecule is COc1ccc(CN(CC2(O)CCC3c4ccc(cc4C(=O)c4ccccc4-c4ccccc4)CC(O)CCC(C)=CCCC32C)C(=O)OC2CC(C)CCC2C(C)C)c(OC)c1. The normalized spacial score (nSPS) is 26.3. The second-order valence-electron chi connectivity index (χ2n) is 19.5. The zero-order chi connectivity index (χ0) is 44.9. The molecule has 4 aliphatic rings. The molecule has 0 radical (unpaired) electrons. The molecule has 63 heavy (non-hydrogen) atoms. The van der Waals surface area contributed by atoms with Crippen LogP contribution in [0.15, 0.2) is 103 Å². The highest BCUT2D eigenvalue weighted by Gasteiger charge is 2.58. The van der Waals surface area contributed by atoms with Crippen LogP contribution >= 0.6 is 0 Å². The molecule has 8 heteroatoms. The van der Waals surface area contributed by atoms with Crippen LogP contribution in [0.2, 0.25) is 0 Å². The molecule has 0 spiro atoms. The first-order valence-electron chi connectivity index (χ1n) is 23.3. The van der Waals surface area contributed by atoms with E-state index in [2.05, 4.69) is 52.8 Å². The second-order valence-corrected chi connectivity index (χ2v) is 19.5. The fourth-order valence-electron chi connectivity index (χ4n) is 11.0. The van der Waals surface area contributed by atoms with Crippen LogP contribution in [0.25, 0.3) is 11.1 Å². The van der Waals surface area contributed by atoms with Crippen molar-refractivity contribution in [3.63, 3.8) is 0 Å². The summed E-state index contributed by atoms with van der Waals surface area (Å²) < 4.78 is 17.9. The molecule has 7 unspecified atom stereocenters. The van der Waals surface area contributed by atoms with Gasteiger partial charge in [0.25, 0.3) is 0 Å². The standard InChI is InChI=1S/C55H69NO7/c1-36(2)44-25-20-38(4)30-51(44)63-53(59)56(34-41-22-24-43(61-6)33-50(41)62-7)35-55(60)29-27-49-46-26-21-39(31-42(57)23-19-37(3)14-13-28-54(49,55)5)32-48(46)52(58)47-18-12-11-17-45(47)40-15-9-8-10-16-40/h8-12,14-18,21-22,24,26,32-33,36,38,42,44,49,51,57,60H,13,19-20,23,25,27-31,34-35H2,1-7H3. The van der Waals surface area contributed by atoms with E-state index in [9.17, 15) is 15.0 Å². The molecule has 0 aromatic heterocycles. The number of carbonyl (C=O) groups excluding carboxylic acids is 2. The number of methoxy groups -OCH3 is 2. The topological polar surface area (TPSA) is 106 Å². The summed E-state index contributed by atoms with van der Waals surface area (Å²) in [5.74, 6) is 1.98. The third kappa shape index (κ3) is 10.1. The predicted molar refractivity (Wildman–Crippen MR) is 250 cm³/mol. The smallest absolute Gasteiger partial charge is 0.410 e. The number of ketones is 1. The van der Waals surface area contributed by atoms with Gasteiger partial charge in [-0.25, -0.2) is 4.79 Å². The lowest BCUT2D eigenvalue weighted by Gasteiger charge is -2.46. The number of amides is 1. The summed E-state index contributed by atoms with van der Waals surface area (Å²) in [7, 11) is 3.23. The molecule has 8 nitrogen and oxygen atoms in total. The predicted octanol–water partition coefficient (Wildman–Crippen LogP) is 11.7. The van der Waals surface area contributed by atoms with Crippen molar-refractivity contribution in [3.8, 4) is 22.6 Å². The lowest BCUT2D eigenvalue weighted by Crippen LogP contribution is -2.54. The molecular weight excluding hydrogens is 787 g/mol. The van der Waals surface area contributed by atoms with Gasteiger partial charge >= 0.3 is 6.09 Å². The first-order chi connectivity index (χ1) is 30.2. The molecule has 2 saturated carbocycles. The van der Waals surface area contributed by atoms with Crippen LogP contribution in [0, 0.1) is 23.2 Å². The van der Waals surface area contributed by atoms with E-state index in [1.165, 1.54) is 5.57 Å². The van der Waals surface area contributed by atoms with Crippen LogP contribution in [0.4, 0.5) is 4.79 Å². The maximum Gasteiger partial charge on any atom is 0.410 e. The largest absolute Gasteiger partial charge is 0.497 e. The highest BCUT2D eigenvalue weighted by molar-refractivity contribution is 6.13. The van der Waals surface area contributed by atoms with Gasteiger partial charge in [-0.05, 0) is 129 Å². The summed E-state index contributed by atoms with van der Waals surface area (Å²) in [5.41, 5.74) is 4.66. The van der Waals surface area contributed by atoms with Crippen molar-refractivity contribution < 1.29 is 34.0 Å². The van der Waals surface area contributed by atoms with Gasteiger partial charge in [-0.1, -0.05) is 112 Å². The maximum atomic E-state index is 15.2. The van der Waals surface area contributed by atoms with Gasteiger partial charge in [0.2, 0.25) is 0 Å². The number of nitrogens with zero attached hydrogens (tertiary/aromatic N) is 1. The van der Waals surface area contributed by atoms with Crippen LogP contribution in [0.5, 0.6) is 11.5 Å². The van der Waals surface area contributed by atoms with Crippen LogP contribution in [0.1, 0.15) is 131 Å². The third-order valence-electron chi connectivity index (χ3n) is 15.0. The van der Waals surface area contributed by atoms with Crippen LogP contribution < -0.4 is 9.47 Å². The van der Waals surface area contributed by atoms with Crippen molar-refractivity contribution >= 4 is 11.9 Å². The molecular formula is C55H69NO7. The van der Waals surface area contributed by atoms with E-state index >= 15 is 4.79 Å². The molecule has 0 saturated heterocycles. The van der Waals surface area contributed by atoms with Crippen molar-refractivity contribution in [3.05, 3.63) is 130 Å². The van der Waals surface area contributed by atoms with E-state index in [0.717, 1.165) is 53.5 Å². The average molecular weight is 856 g/mol. The number of carbonyl (C=O) groups is 2. The molecule has 4 aromatic rings.